The highest BCUT2D eigenvalue weighted by Gasteiger charge is 2.10. The molecule has 0 aromatic carbocycles. The SMILES string of the molecule is C=C/C(=C\C(NC)n1cccc1)c1sccc1CCCCCC. The van der Waals surface area contributed by atoms with E-state index in [0.717, 1.165) is 6.42 Å². The zero-order valence-corrected chi connectivity index (χ0v) is 15.1. The molecule has 0 bridgehead atoms. The Balaban J connectivity index is 2.15. The maximum absolute atomic E-state index is 4.04. The number of hydrogen-bond acceptors (Lipinski definition) is 2. The quantitative estimate of drug-likeness (QED) is 0.440. The van der Waals surface area contributed by atoms with Gasteiger partial charge in [-0.15, -0.1) is 11.3 Å². The standard InChI is InChI=1S/C20H28N2S/c1-4-6-7-8-11-18-12-15-23-20(18)17(5-2)16-19(21-3)22-13-9-10-14-22/h5,9-10,12-16,19,21H,2,4,6-8,11H2,1,3H3/b17-16+. The van der Waals surface area contributed by atoms with E-state index in [9.17, 15) is 0 Å². The Labute approximate surface area is 144 Å². The number of aryl methyl sites for hydroxylation is 1. The number of unbranched alkanes of at least 4 members (excludes halogenated alkanes) is 3. The molecule has 0 spiro atoms. The van der Waals surface area contributed by atoms with E-state index in [-0.39, 0.29) is 6.17 Å². The zero-order valence-electron chi connectivity index (χ0n) is 14.3. The molecule has 0 aliphatic rings. The molecule has 2 aromatic heterocycles. The van der Waals surface area contributed by atoms with Crippen LogP contribution in [0.25, 0.3) is 5.57 Å². The summed E-state index contributed by atoms with van der Waals surface area (Å²) in [5, 5.41) is 5.55. The molecule has 0 radical (unpaired) electrons. The van der Waals surface area contributed by atoms with Gasteiger partial charge in [0.1, 0.15) is 6.17 Å². The van der Waals surface area contributed by atoms with E-state index >= 15 is 0 Å². The van der Waals surface area contributed by atoms with Crippen LogP contribution in [0.5, 0.6) is 0 Å². The van der Waals surface area contributed by atoms with Crippen molar-refractivity contribution in [1.29, 1.82) is 0 Å². The molecule has 0 aliphatic heterocycles. The second kappa shape index (κ2) is 9.53. The van der Waals surface area contributed by atoms with Gasteiger partial charge in [-0.05, 0) is 60.7 Å². The van der Waals surface area contributed by atoms with Crippen LogP contribution < -0.4 is 5.32 Å². The molecule has 1 unspecified atom stereocenters. The lowest BCUT2D eigenvalue weighted by Gasteiger charge is -2.16. The Morgan fingerprint density at radius 2 is 2.09 bits per heavy atom. The fourth-order valence-corrected chi connectivity index (χ4v) is 3.76. The number of aromatic nitrogens is 1. The van der Waals surface area contributed by atoms with Crippen molar-refractivity contribution in [1.82, 2.24) is 9.88 Å². The molecule has 0 saturated carbocycles. The van der Waals surface area contributed by atoms with E-state index in [1.165, 1.54) is 41.7 Å². The lowest BCUT2D eigenvalue weighted by molar-refractivity contribution is 0.532. The summed E-state index contributed by atoms with van der Waals surface area (Å²) in [6.07, 6.45) is 14.9. The lowest BCUT2D eigenvalue weighted by atomic mass is 10.0. The van der Waals surface area contributed by atoms with Crippen molar-refractivity contribution in [2.75, 3.05) is 7.05 Å². The predicted molar refractivity (Wildman–Crippen MR) is 103 cm³/mol. The minimum Gasteiger partial charge on any atom is -0.335 e. The van der Waals surface area contributed by atoms with Gasteiger partial charge in [-0.3, -0.25) is 5.32 Å². The number of thiophene rings is 1. The van der Waals surface area contributed by atoms with Crippen LogP contribution in [-0.2, 0) is 6.42 Å². The third kappa shape index (κ3) is 4.95. The molecule has 2 aromatic rings. The van der Waals surface area contributed by atoms with Crippen LogP contribution in [0.1, 0.15) is 49.2 Å². The first kappa shape index (κ1) is 17.8. The van der Waals surface area contributed by atoms with Crippen LogP contribution in [0.3, 0.4) is 0 Å². The van der Waals surface area contributed by atoms with Crippen LogP contribution in [0.15, 0.2) is 54.7 Å². The Hall–Kier alpha value is -1.58. The van der Waals surface area contributed by atoms with E-state index < -0.39 is 0 Å². The third-order valence-corrected chi connectivity index (χ3v) is 5.12. The highest BCUT2D eigenvalue weighted by molar-refractivity contribution is 7.11. The van der Waals surface area contributed by atoms with Crippen molar-refractivity contribution >= 4 is 16.9 Å². The minimum atomic E-state index is 0.146. The maximum Gasteiger partial charge on any atom is 0.103 e. The van der Waals surface area contributed by atoms with Crippen molar-refractivity contribution in [2.24, 2.45) is 0 Å². The van der Waals surface area contributed by atoms with Crippen LogP contribution >= 0.6 is 11.3 Å². The Morgan fingerprint density at radius 1 is 1.30 bits per heavy atom. The van der Waals surface area contributed by atoms with E-state index in [0.29, 0.717) is 0 Å². The molecule has 2 nitrogen and oxygen atoms in total. The molecule has 1 atom stereocenters. The van der Waals surface area contributed by atoms with Crippen LogP contribution in [0.2, 0.25) is 0 Å². The largest absolute Gasteiger partial charge is 0.335 e. The summed E-state index contributed by atoms with van der Waals surface area (Å²) in [5.41, 5.74) is 2.68. The molecule has 0 saturated heterocycles. The highest BCUT2D eigenvalue weighted by Crippen LogP contribution is 2.29. The van der Waals surface area contributed by atoms with E-state index in [2.05, 4.69) is 65.4 Å². The molecular formula is C20H28N2S. The number of hydrogen-bond donors (Lipinski definition) is 1. The van der Waals surface area contributed by atoms with Crippen LogP contribution in [0, 0.1) is 0 Å². The van der Waals surface area contributed by atoms with Gasteiger partial charge in [0, 0.05) is 17.3 Å². The second-order valence-electron chi connectivity index (χ2n) is 5.78. The third-order valence-electron chi connectivity index (χ3n) is 4.11. The van der Waals surface area contributed by atoms with Gasteiger partial charge in [0.25, 0.3) is 0 Å². The molecule has 124 valence electrons. The molecule has 0 aliphatic carbocycles. The topological polar surface area (TPSA) is 17.0 Å². The molecule has 0 amide bonds. The number of likely N-dealkylation sites (N-methyl/N-ethyl adjacent to an activating group) is 1. The monoisotopic (exact) mass is 328 g/mol. The summed E-state index contributed by atoms with van der Waals surface area (Å²) in [4.78, 5) is 1.36. The van der Waals surface area contributed by atoms with Gasteiger partial charge in [-0.1, -0.05) is 38.8 Å². The summed E-state index contributed by atoms with van der Waals surface area (Å²) in [5.74, 6) is 0. The average molecular weight is 329 g/mol. The normalized spacial score (nSPS) is 13.2. The van der Waals surface area contributed by atoms with Gasteiger partial charge in [0.15, 0.2) is 0 Å². The Kier molecular flexibility index (Phi) is 7.37. The first-order chi connectivity index (χ1) is 11.3. The highest BCUT2D eigenvalue weighted by atomic mass is 32.1. The molecule has 1 N–H and O–H groups in total. The summed E-state index contributed by atoms with van der Waals surface area (Å²) in [7, 11) is 1.99. The zero-order chi connectivity index (χ0) is 16.5. The number of allylic oxidation sites excluding steroid dienone is 2. The van der Waals surface area contributed by atoms with E-state index in [4.69, 9.17) is 0 Å². The van der Waals surface area contributed by atoms with Crippen molar-refractivity contribution in [3.8, 4) is 0 Å². The number of nitrogens with one attached hydrogen (secondary N) is 1. The maximum atomic E-state index is 4.04. The average Bonchev–Trinajstić information content (AvgIpc) is 3.25. The van der Waals surface area contributed by atoms with Crippen molar-refractivity contribution in [3.05, 3.63) is 65.1 Å². The van der Waals surface area contributed by atoms with Gasteiger partial charge >= 0.3 is 0 Å². The summed E-state index contributed by atoms with van der Waals surface area (Å²) in [6, 6.07) is 6.37. The summed E-state index contributed by atoms with van der Waals surface area (Å²) < 4.78 is 2.16. The first-order valence-corrected chi connectivity index (χ1v) is 9.38. The Bertz CT molecular complexity index is 607. The van der Waals surface area contributed by atoms with Crippen LogP contribution in [-0.4, -0.2) is 11.6 Å². The molecular weight excluding hydrogens is 300 g/mol. The molecule has 0 fully saturated rings. The first-order valence-electron chi connectivity index (χ1n) is 8.50. The van der Waals surface area contributed by atoms with Crippen molar-refractivity contribution in [3.63, 3.8) is 0 Å². The predicted octanol–water partition coefficient (Wildman–Crippen LogP) is 5.66. The fourth-order valence-electron chi connectivity index (χ4n) is 2.79. The van der Waals surface area contributed by atoms with Gasteiger partial charge in [-0.2, -0.15) is 0 Å². The number of nitrogens with zero attached hydrogens (tertiary/aromatic N) is 1. The fraction of sp³-hybridized carbons (Fsp3) is 0.400. The molecule has 2 heterocycles. The molecule has 2 rings (SSSR count). The van der Waals surface area contributed by atoms with Gasteiger partial charge < -0.3 is 4.57 Å². The van der Waals surface area contributed by atoms with Gasteiger partial charge in [0.2, 0.25) is 0 Å². The second-order valence-corrected chi connectivity index (χ2v) is 6.69. The van der Waals surface area contributed by atoms with Crippen molar-refractivity contribution < 1.29 is 0 Å². The van der Waals surface area contributed by atoms with Gasteiger partial charge in [0.05, 0.1) is 0 Å². The van der Waals surface area contributed by atoms with E-state index in [1.54, 1.807) is 0 Å². The van der Waals surface area contributed by atoms with Crippen LogP contribution in [0.4, 0.5) is 0 Å². The summed E-state index contributed by atoms with van der Waals surface area (Å²) >= 11 is 1.82. The Morgan fingerprint density at radius 3 is 2.74 bits per heavy atom. The molecule has 23 heavy (non-hydrogen) atoms. The van der Waals surface area contributed by atoms with Gasteiger partial charge in [-0.25, -0.2) is 0 Å². The number of rotatable bonds is 10. The van der Waals surface area contributed by atoms with Crippen molar-refractivity contribution in [2.45, 2.75) is 45.2 Å². The summed E-state index contributed by atoms with van der Waals surface area (Å²) in [6.45, 7) is 6.30. The lowest BCUT2D eigenvalue weighted by Crippen LogP contribution is -2.20. The van der Waals surface area contributed by atoms with E-state index in [1.807, 2.05) is 24.5 Å². The smallest absolute Gasteiger partial charge is 0.103 e. The minimum absolute atomic E-state index is 0.146. The molecule has 3 heteroatoms.